The Hall–Kier alpha value is 0.460. The molecule has 4 heteroatoms. The third-order valence-corrected chi connectivity index (χ3v) is 6.20. The van der Waals surface area contributed by atoms with Crippen LogP contribution in [0.1, 0.15) is 26.7 Å². The first-order chi connectivity index (χ1) is 6.76. The second-order valence-corrected chi connectivity index (χ2v) is 6.11. The zero-order valence-corrected chi connectivity index (χ0v) is 11.8. The number of hydrogen-bond acceptors (Lipinski definition) is 3. The number of hydrogen-bond donors (Lipinski definition) is 0. The molecule has 0 radical (unpaired) electrons. The first-order valence-electron chi connectivity index (χ1n) is 4.84. The summed E-state index contributed by atoms with van der Waals surface area (Å²) in [6, 6.07) is 0. The Balaban J connectivity index is 2.48. The number of alkyl halides is 1. The Kier molecular flexibility index (Phi) is 5.49. The molecule has 1 rings (SSSR count). The third-order valence-electron chi connectivity index (χ3n) is 2.69. The number of nitrogens with zero attached hydrogens (tertiary/aromatic N) is 1. The highest BCUT2D eigenvalue weighted by Gasteiger charge is 2.25. The summed E-state index contributed by atoms with van der Waals surface area (Å²) in [5.41, 5.74) is 0.441. The van der Waals surface area contributed by atoms with Gasteiger partial charge in [-0.1, -0.05) is 41.5 Å². The van der Waals surface area contributed by atoms with E-state index in [9.17, 15) is 0 Å². The molecule has 0 fully saturated rings. The van der Waals surface area contributed by atoms with Crippen molar-refractivity contribution < 1.29 is 0 Å². The van der Waals surface area contributed by atoms with Gasteiger partial charge in [0, 0.05) is 22.7 Å². The van der Waals surface area contributed by atoms with E-state index in [1.165, 1.54) is 22.9 Å². The van der Waals surface area contributed by atoms with Gasteiger partial charge < -0.3 is 0 Å². The van der Waals surface area contributed by atoms with Gasteiger partial charge in [0.1, 0.15) is 4.34 Å². The molecule has 0 spiro atoms. The molecule has 1 aromatic heterocycles. The summed E-state index contributed by atoms with van der Waals surface area (Å²) in [4.78, 5) is 4.29. The van der Waals surface area contributed by atoms with Gasteiger partial charge in [-0.2, -0.15) is 0 Å². The molecule has 1 aromatic rings. The molecule has 0 saturated heterocycles. The van der Waals surface area contributed by atoms with Crippen molar-refractivity contribution in [1.29, 1.82) is 0 Å². The fourth-order valence-electron chi connectivity index (χ4n) is 1.18. The predicted octanol–water partition coefficient (Wildman–Crippen LogP) is 4.44. The van der Waals surface area contributed by atoms with Gasteiger partial charge in [0.25, 0.3) is 0 Å². The average Bonchev–Trinajstić information content (AvgIpc) is 2.74. The Morgan fingerprint density at radius 2 is 2.21 bits per heavy atom. The highest BCUT2D eigenvalue weighted by molar-refractivity contribution is 9.09. The van der Waals surface area contributed by atoms with Crippen molar-refractivity contribution in [2.24, 2.45) is 5.41 Å². The van der Waals surface area contributed by atoms with E-state index in [4.69, 9.17) is 0 Å². The minimum atomic E-state index is 0.441. The number of aromatic nitrogens is 1. The second kappa shape index (κ2) is 6.13. The summed E-state index contributed by atoms with van der Waals surface area (Å²) in [5.74, 6) is 1.17. The summed E-state index contributed by atoms with van der Waals surface area (Å²) in [6.07, 6.45) is 4.33. The largest absolute Gasteiger partial charge is 0.238 e. The van der Waals surface area contributed by atoms with E-state index < -0.39 is 0 Å². The summed E-state index contributed by atoms with van der Waals surface area (Å²) in [5, 5.41) is 3.13. The van der Waals surface area contributed by atoms with E-state index in [-0.39, 0.29) is 0 Å². The van der Waals surface area contributed by atoms with Crippen LogP contribution in [0.3, 0.4) is 0 Å². The van der Waals surface area contributed by atoms with Crippen molar-refractivity contribution in [2.75, 3.05) is 11.1 Å². The molecule has 0 amide bonds. The van der Waals surface area contributed by atoms with Crippen molar-refractivity contribution in [3.63, 3.8) is 0 Å². The number of thioether (sulfide) groups is 1. The number of thiazole rings is 1. The van der Waals surface area contributed by atoms with Crippen LogP contribution in [-0.2, 0) is 0 Å². The third kappa shape index (κ3) is 3.24. The topological polar surface area (TPSA) is 12.9 Å². The maximum atomic E-state index is 4.29. The molecule has 0 aliphatic heterocycles. The fourth-order valence-corrected chi connectivity index (χ4v) is 4.48. The Bertz CT molecular complexity index is 236. The molecule has 0 saturated carbocycles. The zero-order valence-electron chi connectivity index (χ0n) is 8.62. The number of halogens is 1. The SMILES string of the molecule is CCC(CC)(CBr)CSc1nccs1. The number of rotatable bonds is 6. The highest BCUT2D eigenvalue weighted by atomic mass is 79.9. The lowest BCUT2D eigenvalue weighted by Gasteiger charge is -2.28. The van der Waals surface area contributed by atoms with E-state index in [2.05, 4.69) is 34.8 Å². The maximum Gasteiger partial charge on any atom is 0.149 e. The van der Waals surface area contributed by atoms with E-state index in [0.29, 0.717) is 5.41 Å². The molecule has 0 N–H and O–H groups in total. The summed E-state index contributed by atoms with van der Waals surface area (Å²) < 4.78 is 1.19. The van der Waals surface area contributed by atoms with Crippen LogP contribution in [0.2, 0.25) is 0 Å². The lowest BCUT2D eigenvalue weighted by atomic mass is 9.87. The van der Waals surface area contributed by atoms with Gasteiger partial charge in [0.2, 0.25) is 0 Å². The summed E-state index contributed by atoms with van der Waals surface area (Å²) >= 11 is 7.24. The van der Waals surface area contributed by atoms with Crippen molar-refractivity contribution >= 4 is 39.0 Å². The van der Waals surface area contributed by atoms with Gasteiger partial charge in [-0.15, -0.1) is 11.3 Å². The molecule has 80 valence electrons. The molecule has 0 unspecified atom stereocenters. The first kappa shape index (κ1) is 12.5. The van der Waals surface area contributed by atoms with E-state index in [1.807, 2.05) is 23.3 Å². The molecule has 1 heterocycles. The minimum absolute atomic E-state index is 0.441. The van der Waals surface area contributed by atoms with E-state index in [1.54, 1.807) is 11.3 Å². The summed E-state index contributed by atoms with van der Waals surface area (Å²) in [7, 11) is 0. The van der Waals surface area contributed by atoms with Crippen LogP contribution in [0.4, 0.5) is 0 Å². The van der Waals surface area contributed by atoms with Crippen molar-refractivity contribution in [2.45, 2.75) is 31.0 Å². The van der Waals surface area contributed by atoms with Crippen molar-refractivity contribution in [3.8, 4) is 0 Å². The van der Waals surface area contributed by atoms with Crippen LogP contribution < -0.4 is 0 Å². The first-order valence-corrected chi connectivity index (χ1v) is 7.83. The van der Waals surface area contributed by atoms with Crippen molar-refractivity contribution in [3.05, 3.63) is 11.6 Å². The minimum Gasteiger partial charge on any atom is -0.238 e. The molecule has 14 heavy (non-hydrogen) atoms. The van der Waals surface area contributed by atoms with Gasteiger partial charge in [0.05, 0.1) is 0 Å². The lowest BCUT2D eigenvalue weighted by molar-refractivity contribution is 0.359. The Morgan fingerprint density at radius 1 is 1.50 bits per heavy atom. The van der Waals surface area contributed by atoms with Gasteiger partial charge in [-0.3, -0.25) is 0 Å². The molecular formula is C10H16BrNS2. The van der Waals surface area contributed by atoms with Gasteiger partial charge in [0.15, 0.2) is 0 Å². The van der Waals surface area contributed by atoms with Gasteiger partial charge in [-0.25, -0.2) is 4.98 Å². The van der Waals surface area contributed by atoms with Gasteiger partial charge >= 0.3 is 0 Å². The second-order valence-electron chi connectivity index (χ2n) is 3.43. The molecule has 1 nitrogen and oxygen atoms in total. The Labute approximate surface area is 103 Å². The Morgan fingerprint density at radius 3 is 2.64 bits per heavy atom. The summed E-state index contributed by atoms with van der Waals surface area (Å²) in [6.45, 7) is 4.54. The van der Waals surface area contributed by atoms with E-state index in [0.717, 1.165) is 5.33 Å². The van der Waals surface area contributed by atoms with Gasteiger partial charge in [-0.05, 0) is 18.3 Å². The van der Waals surface area contributed by atoms with Crippen LogP contribution in [-0.4, -0.2) is 16.1 Å². The van der Waals surface area contributed by atoms with Crippen molar-refractivity contribution in [1.82, 2.24) is 4.98 Å². The molecule has 0 aromatic carbocycles. The predicted molar refractivity (Wildman–Crippen MR) is 69.6 cm³/mol. The molecule has 0 bridgehead atoms. The quantitative estimate of drug-likeness (QED) is 0.568. The lowest BCUT2D eigenvalue weighted by Crippen LogP contribution is -2.23. The van der Waals surface area contributed by atoms with Crippen LogP contribution in [0.25, 0.3) is 0 Å². The van der Waals surface area contributed by atoms with E-state index >= 15 is 0 Å². The maximum absolute atomic E-state index is 4.29. The smallest absolute Gasteiger partial charge is 0.149 e. The monoisotopic (exact) mass is 293 g/mol. The molecular weight excluding hydrogens is 278 g/mol. The molecule has 0 atom stereocenters. The highest BCUT2D eigenvalue weighted by Crippen LogP contribution is 2.35. The van der Waals surface area contributed by atoms with Crippen LogP contribution >= 0.6 is 39.0 Å². The van der Waals surface area contributed by atoms with Crippen LogP contribution in [0.15, 0.2) is 15.9 Å². The zero-order chi connectivity index (χ0) is 10.4. The fraction of sp³-hybridized carbons (Fsp3) is 0.700. The molecule has 0 aliphatic rings. The normalized spacial score (nSPS) is 11.9. The molecule has 0 aliphatic carbocycles. The van der Waals surface area contributed by atoms with Crippen LogP contribution in [0, 0.1) is 5.41 Å². The van der Waals surface area contributed by atoms with Crippen LogP contribution in [0.5, 0.6) is 0 Å². The average molecular weight is 294 g/mol. The standard InChI is InChI=1S/C10H16BrNS2/c1-3-10(4-2,7-11)8-14-9-12-5-6-13-9/h5-6H,3-4,7-8H2,1-2H3.